The van der Waals surface area contributed by atoms with E-state index in [1.54, 1.807) is 0 Å². The number of alkyl halides is 1. The molecule has 1 atom stereocenters. The Morgan fingerprint density at radius 2 is 1.94 bits per heavy atom. The first kappa shape index (κ1) is 16.2. The summed E-state index contributed by atoms with van der Waals surface area (Å²) in [5, 5.41) is 0. The smallest absolute Gasteiger partial charge is 0.229 e. The van der Waals surface area contributed by atoms with Gasteiger partial charge in [0.25, 0.3) is 10.2 Å². The second kappa shape index (κ2) is 6.04. The Hall–Kier alpha value is 0.110. The second-order valence-electron chi connectivity index (χ2n) is 4.44. The number of nitrogens with zero attached hydrogens (tertiary/aromatic N) is 2. The van der Waals surface area contributed by atoms with Gasteiger partial charge in [0.2, 0.25) is 0 Å². The van der Waals surface area contributed by atoms with Gasteiger partial charge in [0.15, 0.2) is 9.84 Å². The van der Waals surface area contributed by atoms with Crippen LogP contribution in [0.1, 0.15) is 12.8 Å². The Labute approximate surface area is 114 Å². The van der Waals surface area contributed by atoms with Crippen molar-refractivity contribution in [3.63, 3.8) is 0 Å². The van der Waals surface area contributed by atoms with E-state index >= 15 is 0 Å². The molecule has 0 spiro atoms. The molecule has 1 aliphatic rings. The molecule has 1 heterocycles. The summed E-state index contributed by atoms with van der Waals surface area (Å²) in [5.74, 6) is 0.358. The van der Waals surface area contributed by atoms with Gasteiger partial charge in [-0.2, -0.15) is 17.0 Å². The van der Waals surface area contributed by atoms with Crippen molar-refractivity contribution in [2.75, 3.05) is 38.0 Å². The number of hydrogen-bond acceptors (Lipinski definition) is 4. The molecule has 0 aliphatic carbocycles. The maximum atomic E-state index is 12.1. The van der Waals surface area contributed by atoms with E-state index in [9.17, 15) is 16.8 Å². The molecule has 9 heteroatoms. The summed E-state index contributed by atoms with van der Waals surface area (Å²) in [6.45, 7) is 0.329. The number of halogens is 1. The van der Waals surface area contributed by atoms with E-state index in [1.165, 1.54) is 18.4 Å². The summed E-state index contributed by atoms with van der Waals surface area (Å²) < 4.78 is 49.4. The third kappa shape index (κ3) is 3.80. The van der Waals surface area contributed by atoms with E-state index in [4.69, 9.17) is 11.6 Å². The minimum Gasteiger partial charge on any atom is -0.229 e. The lowest BCUT2D eigenvalue weighted by molar-refractivity contribution is 0.348. The molecule has 6 nitrogen and oxygen atoms in total. The van der Waals surface area contributed by atoms with Gasteiger partial charge in [0.05, 0.1) is 11.5 Å². The van der Waals surface area contributed by atoms with E-state index < -0.39 is 26.1 Å². The summed E-state index contributed by atoms with van der Waals surface area (Å²) in [5.41, 5.74) is 0. The Bertz CT molecular complexity index is 477. The first-order valence-corrected chi connectivity index (χ1v) is 9.41. The highest BCUT2D eigenvalue weighted by molar-refractivity contribution is 7.91. The highest BCUT2D eigenvalue weighted by Crippen LogP contribution is 2.20. The van der Waals surface area contributed by atoms with Crippen molar-refractivity contribution < 1.29 is 16.8 Å². The maximum Gasteiger partial charge on any atom is 0.281 e. The molecule has 1 saturated heterocycles. The zero-order chi connectivity index (χ0) is 14.0. The summed E-state index contributed by atoms with van der Waals surface area (Å²) in [6.07, 6.45) is 0.926. The molecule has 0 aromatic rings. The molecule has 0 radical (unpaired) electrons. The molecule has 1 aliphatic heterocycles. The standard InChI is InChI=1S/C9H19ClN2O4S2/c1-11(6-3-5-10)18(15,16)12(2)9-4-7-17(13,14)8-9/h9H,3-8H2,1-2H3. The van der Waals surface area contributed by atoms with Gasteiger partial charge in [0, 0.05) is 32.6 Å². The lowest BCUT2D eigenvalue weighted by Crippen LogP contribution is -2.45. The molecule has 0 amide bonds. The Balaban J connectivity index is 2.73. The third-order valence-corrected chi connectivity index (χ3v) is 7.10. The number of sulfone groups is 1. The van der Waals surface area contributed by atoms with Gasteiger partial charge in [-0.15, -0.1) is 11.6 Å². The van der Waals surface area contributed by atoms with Crippen molar-refractivity contribution >= 4 is 31.6 Å². The van der Waals surface area contributed by atoms with Gasteiger partial charge in [-0.25, -0.2) is 8.42 Å². The van der Waals surface area contributed by atoms with Crippen LogP contribution >= 0.6 is 11.6 Å². The molecular weight excluding hydrogens is 300 g/mol. The van der Waals surface area contributed by atoms with Crippen molar-refractivity contribution in [1.82, 2.24) is 8.61 Å². The quantitative estimate of drug-likeness (QED) is 0.642. The van der Waals surface area contributed by atoms with Crippen LogP contribution in [0.3, 0.4) is 0 Å². The van der Waals surface area contributed by atoms with E-state index in [1.807, 2.05) is 0 Å². The summed E-state index contributed by atoms with van der Waals surface area (Å²) in [6, 6.07) is -0.460. The molecule has 108 valence electrons. The first-order valence-electron chi connectivity index (χ1n) is 5.66. The Morgan fingerprint density at radius 1 is 1.33 bits per heavy atom. The van der Waals surface area contributed by atoms with E-state index in [0.717, 1.165) is 4.31 Å². The molecule has 1 rings (SSSR count). The normalized spacial score (nSPS) is 23.9. The molecule has 1 unspecified atom stereocenters. The molecule has 0 aromatic carbocycles. The highest BCUT2D eigenvalue weighted by Gasteiger charge is 2.37. The maximum absolute atomic E-state index is 12.1. The van der Waals surface area contributed by atoms with Crippen LogP contribution in [0.15, 0.2) is 0 Å². The lowest BCUT2D eigenvalue weighted by Gasteiger charge is -2.27. The zero-order valence-electron chi connectivity index (χ0n) is 10.5. The minimum atomic E-state index is -3.60. The average Bonchev–Trinajstić information content (AvgIpc) is 2.65. The van der Waals surface area contributed by atoms with E-state index in [0.29, 0.717) is 25.3 Å². The third-order valence-electron chi connectivity index (χ3n) is 3.09. The van der Waals surface area contributed by atoms with Crippen molar-refractivity contribution in [3.8, 4) is 0 Å². The van der Waals surface area contributed by atoms with Crippen molar-refractivity contribution in [2.24, 2.45) is 0 Å². The van der Waals surface area contributed by atoms with Gasteiger partial charge in [-0.05, 0) is 12.8 Å². The van der Waals surface area contributed by atoms with Crippen LogP contribution in [-0.4, -0.2) is 69.5 Å². The summed E-state index contributed by atoms with van der Waals surface area (Å²) >= 11 is 5.53. The fourth-order valence-electron chi connectivity index (χ4n) is 1.87. The van der Waals surface area contributed by atoms with Crippen molar-refractivity contribution in [3.05, 3.63) is 0 Å². The predicted octanol–water partition coefficient (Wildman–Crippen LogP) is -0.0892. The molecule has 0 aromatic heterocycles. The second-order valence-corrected chi connectivity index (χ2v) is 9.15. The monoisotopic (exact) mass is 318 g/mol. The number of rotatable bonds is 6. The van der Waals surface area contributed by atoms with Gasteiger partial charge >= 0.3 is 0 Å². The summed E-state index contributed by atoms with van der Waals surface area (Å²) in [4.78, 5) is 0. The SMILES string of the molecule is CN(CCCCl)S(=O)(=O)N(C)C1CCS(=O)(=O)C1. The van der Waals surface area contributed by atoms with Crippen LogP contribution in [0.5, 0.6) is 0 Å². The van der Waals surface area contributed by atoms with E-state index in [2.05, 4.69) is 0 Å². The largest absolute Gasteiger partial charge is 0.281 e. The van der Waals surface area contributed by atoms with Crippen LogP contribution in [0, 0.1) is 0 Å². The number of hydrogen-bond donors (Lipinski definition) is 0. The molecule has 18 heavy (non-hydrogen) atoms. The predicted molar refractivity (Wildman–Crippen MR) is 71.7 cm³/mol. The summed E-state index contributed by atoms with van der Waals surface area (Å²) in [7, 11) is -3.79. The van der Waals surface area contributed by atoms with Gasteiger partial charge in [-0.3, -0.25) is 0 Å². The molecular formula is C9H19ClN2O4S2. The van der Waals surface area contributed by atoms with Crippen LogP contribution in [0.4, 0.5) is 0 Å². The van der Waals surface area contributed by atoms with Crippen LogP contribution in [-0.2, 0) is 20.0 Å². The topological polar surface area (TPSA) is 74.8 Å². The van der Waals surface area contributed by atoms with Crippen molar-refractivity contribution in [2.45, 2.75) is 18.9 Å². The van der Waals surface area contributed by atoms with E-state index in [-0.39, 0.29) is 11.5 Å². The Morgan fingerprint density at radius 3 is 2.39 bits per heavy atom. The zero-order valence-corrected chi connectivity index (χ0v) is 12.9. The van der Waals surface area contributed by atoms with Crippen molar-refractivity contribution in [1.29, 1.82) is 0 Å². The van der Waals surface area contributed by atoms with Crippen LogP contribution in [0.25, 0.3) is 0 Å². The lowest BCUT2D eigenvalue weighted by atomic mass is 10.3. The fourth-order valence-corrected chi connectivity index (χ4v) is 5.21. The average molecular weight is 319 g/mol. The van der Waals surface area contributed by atoms with Gasteiger partial charge in [0.1, 0.15) is 0 Å². The fraction of sp³-hybridized carbons (Fsp3) is 1.00. The Kier molecular flexibility index (Phi) is 5.43. The molecule has 0 saturated carbocycles. The minimum absolute atomic E-state index is 0.0585. The highest BCUT2D eigenvalue weighted by atomic mass is 35.5. The molecule has 0 N–H and O–H groups in total. The van der Waals surface area contributed by atoms with Gasteiger partial charge < -0.3 is 0 Å². The molecule has 0 bridgehead atoms. The van der Waals surface area contributed by atoms with Crippen LogP contribution in [0.2, 0.25) is 0 Å². The molecule has 1 fully saturated rings. The first-order chi connectivity index (χ1) is 8.20. The van der Waals surface area contributed by atoms with Crippen LogP contribution < -0.4 is 0 Å². The van der Waals surface area contributed by atoms with Gasteiger partial charge in [-0.1, -0.05) is 0 Å².